The lowest BCUT2D eigenvalue weighted by molar-refractivity contribution is -0.130. The Morgan fingerprint density at radius 3 is 3.00 bits per heavy atom. The summed E-state index contributed by atoms with van der Waals surface area (Å²) in [6.07, 6.45) is 3.74. The number of hydrogen-bond donors (Lipinski definition) is 2. The third-order valence-electron chi connectivity index (χ3n) is 4.41. The van der Waals surface area contributed by atoms with Gasteiger partial charge >= 0.3 is 0 Å². The van der Waals surface area contributed by atoms with Crippen molar-refractivity contribution in [2.75, 3.05) is 26.7 Å². The molecule has 6 nitrogen and oxygen atoms in total. The fourth-order valence-electron chi connectivity index (χ4n) is 3.03. The third kappa shape index (κ3) is 3.69. The highest BCUT2D eigenvalue weighted by Crippen LogP contribution is 2.21. The lowest BCUT2D eigenvalue weighted by Gasteiger charge is -2.20. The van der Waals surface area contributed by atoms with Crippen molar-refractivity contribution in [3.05, 3.63) is 30.0 Å². The molecule has 1 saturated heterocycles. The molecule has 0 aliphatic carbocycles. The van der Waals surface area contributed by atoms with Gasteiger partial charge in [0.05, 0.1) is 7.11 Å². The lowest BCUT2D eigenvalue weighted by Crippen LogP contribution is -2.38. The van der Waals surface area contributed by atoms with Gasteiger partial charge < -0.3 is 19.9 Å². The van der Waals surface area contributed by atoms with Crippen molar-refractivity contribution >= 4 is 22.7 Å². The van der Waals surface area contributed by atoms with Crippen LogP contribution in [0.5, 0.6) is 5.75 Å². The molecule has 2 N–H and O–H groups in total. The second kappa shape index (κ2) is 7.38. The number of rotatable bonds is 5. The van der Waals surface area contributed by atoms with Gasteiger partial charge in [-0.3, -0.25) is 9.59 Å². The number of carbonyl (C=O) groups excluding carboxylic acids is 2. The van der Waals surface area contributed by atoms with E-state index in [2.05, 4.69) is 10.3 Å². The summed E-state index contributed by atoms with van der Waals surface area (Å²) in [4.78, 5) is 29.2. The summed E-state index contributed by atoms with van der Waals surface area (Å²) in [6.45, 7) is 1.82. The van der Waals surface area contributed by atoms with E-state index in [-0.39, 0.29) is 11.8 Å². The third-order valence-corrected chi connectivity index (χ3v) is 4.41. The van der Waals surface area contributed by atoms with Crippen molar-refractivity contribution in [3.63, 3.8) is 0 Å². The molecule has 0 atom stereocenters. The molecule has 2 aromatic rings. The minimum atomic E-state index is -0.160. The molecule has 1 fully saturated rings. The molecule has 24 heavy (non-hydrogen) atoms. The highest BCUT2D eigenvalue weighted by Gasteiger charge is 2.16. The lowest BCUT2D eigenvalue weighted by atomic mass is 10.2. The fraction of sp³-hybridized carbons (Fsp3) is 0.444. The highest BCUT2D eigenvalue weighted by molar-refractivity contribution is 5.98. The van der Waals surface area contributed by atoms with Gasteiger partial charge in [-0.2, -0.15) is 0 Å². The van der Waals surface area contributed by atoms with Crippen LogP contribution in [-0.2, 0) is 4.79 Å². The number of carbonyl (C=O) groups is 2. The van der Waals surface area contributed by atoms with Crippen LogP contribution in [0.2, 0.25) is 0 Å². The van der Waals surface area contributed by atoms with E-state index in [9.17, 15) is 9.59 Å². The molecule has 0 unspecified atom stereocenters. The molecule has 0 bridgehead atoms. The largest absolute Gasteiger partial charge is 0.497 e. The predicted octanol–water partition coefficient (Wildman–Crippen LogP) is 2.31. The van der Waals surface area contributed by atoms with Crippen molar-refractivity contribution in [2.45, 2.75) is 25.7 Å². The summed E-state index contributed by atoms with van der Waals surface area (Å²) in [7, 11) is 1.61. The molecule has 1 aromatic carbocycles. The minimum Gasteiger partial charge on any atom is -0.497 e. The average Bonchev–Trinajstić information content (AvgIpc) is 2.92. The molecular weight excluding hydrogens is 306 g/mol. The number of hydrogen-bond acceptors (Lipinski definition) is 3. The van der Waals surface area contributed by atoms with E-state index in [4.69, 9.17) is 4.74 Å². The zero-order valence-electron chi connectivity index (χ0n) is 13.9. The van der Waals surface area contributed by atoms with E-state index in [1.54, 1.807) is 7.11 Å². The average molecular weight is 329 g/mol. The van der Waals surface area contributed by atoms with Gasteiger partial charge in [-0.05, 0) is 31.0 Å². The van der Waals surface area contributed by atoms with Crippen LogP contribution < -0.4 is 10.1 Å². The predicted molar refractivity (Wildman–Crippen MR) is 92.2 cm³/mol. The van der Waals surface area contributed by atoms with Crippen molar-refractivity contribution in [1.82, 2.24) is 15.2 Å². The van der Waals surface area contributed by atoms with Crippen LogP contribution >= 0.6 is 0 Å². The van der Waals surface area contributed by atoms with Gasteiger partial charge in [0.25, 0.3) is 5.91 Å². The van der Waals surface area contributed by atoms with E-state index in [1.165, 1.54) is 0 Å². The van der Waals surface area contributed by atoms with E-state index in [0.29, 0.717) is 25.2 Å². The number of amides is 2. The number of aromatic nitrogens is 1. The highest BCUT2D eigenvalue weighted by atomic mass is 16.5. The Morgan fingerprint density at radius 1 is 1.29 bits per heavy atom. The Kier molecular flexibility index (Phi) is 5.03. The first-order valence-corrected chi connectivity index (χ1v) is 8.40. The first-order valence-electron chi connectivity index (χ1n) is 8.40. The monoisotopic (exact) mass is 329 g/mol. The first-order chi connectivity index (χ1) is 11.7. The molecule has 0 radical (unpaired) electrons. The summed E-state index contributed by atoms with van der Waals surface area (Å²) in [5, 5.41) is 3.84. The van der Waals surface area contributed by atoms with E-state index < -0.39 is 0 Å². The summed E-state index contributed by atoms with van der Waals surface area (Å²) in [5.74, 6) is 0.780. The van der Waals surface area contributed by atoms with Crippen LogP contribution in [-0.4, -0.2) is 48.4 Å². The summed E-state index contributed by atoms with van der Waals surface area (Å²) < 4.78 is 5.19. The first kappa shape index (κ1) is 16.4. The number of likely N-dealkylation sites (tertiary alicyclic amines) is 1. The van der Waals surface area contributed by atoms with Crippen molar-refractivity contribution < 1.29 is 14.3 Å². The van der Waals surface area contributed by atoms with E-state index >= 15 is 0 Å². The van der Waals surface area contributed by atoms with Gasteiger partial charge in [0.1, 0.15) is 11.4 Å². The van der Waals surface area contributed by atoms with Gasteiger partial charge in [-0.25, -0.2) is 0 Å². The maximum atomic E-state index is 12.3. The molecule has 6 heteroatoms. The van der Waals surface area contributed by atoms with Gasteiger partial charge in [-0.15, -0.1) is 0 Å². The molecule has 1 aliphatic rings. The van der Waals surface area contributed by atoms with Gasteiger partial charge in [-0.1, -0.05) is 6.42 Å². The van der Waals surface area contributed by atoms with E-state index in [1.807, 2.05) is 29.2 Å². The number of aromatic amines is 1. The molecule has 2 amide bonds. The number of nitrogens with zero attached hydrogens (tertiary/aromatic N) is 1. The van der Waals surface area contributed by atoms with Crippen LogP contribution in [0.1, 0.15) is 36.2 Å². The quantitative estimate of drug-likeness (QED) is 0.884. The second-order valence-corrected chi connectivity index (χ2v) is 6.08. The SMILES string of the molecule is COc1ccc2cc(C(=O)NCCN3CCCCCC3=O)[nH]c2c1. The normalized spacial score (nSPS) is 15.4. The molecule has 128 valence electrons. The number of H-pyrrole nitrogens is 1. The Hall–Kier alpha value is -2.50. The minimum absolute atomic E-state index is 0.160. The summed E-state index contributed by atoms with van der Waals surface area (Å²) in [5.41, 5.74) is 1.38. The molecule has 2 heterocycles. The van der Waals surface area contributed by atoms with Crippen LogP contribution in [0, 0.1) is 0 Å². The summed E-state index contributed by atoms with van der Waals surface area (Å²) in [6, 6.07) is 7.46. The Morgan fingerprint density at radius 2 is 2.17 bits per heavy atom. The molecule has 0 spiro atoms. The standard InChI is InChI=1S/C18H23N3O3/c1-24-14-7-6-13-11-16(20-15(13)12-14)18(23)19-8-10-21-9-4-2-3-5-17(21)22/h6-7,11-12,20H,2-5,8-10H2,1H3,(H,19,23). The Balaban J connectivity index is 1.57. The smallest absolute Gasteiger partial charge is 0.267 e. The Bertz CT molecular complexity index is 738. The van der Waals surface area contributed by atoms with E-state index in [0.717, 1.165) is 42.5 Å². The van der Waals surface area contributed by atoms with Crippen LogP contribution in [0.15, 0.2) is 24.3 Å². The van der Waals surface area contributed by atoms with Gasteiger partial charge in [0.15, 0.2) is 0 Å². The summed E-state index contributed by atoms with van der Waals surface area (Å²) >= 11 is 0. The number of fused-ring (bicyclic) bond motifs is 1. The van der Waals surface area contributed by atoms with Gasteiger partial charge in [0, 0.05) is 43.0 Å². The molecular formula is C18H23N3O3. The van der Waals surface area contributed by atoms with Gasteiger partial charge in [0.2, 0.25) is 5.91 Å². The number of ether oxygens (including phenoxy) is 1. The zero-order chi connectivity index (χ0) is 16.9. The molecule has 3 rings (SSSR count). The van der Waals surface area contributed by atoms with Crippen LogP contribution in [0.3, 0.4) is 0 Å². The van der Waals surface area contributed by atoms with Crippen molar-refractivity contribution in [1.29, 1.82) is 0 Å². The Labute approximate surface area is 141 Å². The van der Waals surface area contributed by atoms with Crippen LogP contribution in [0.25, 0.3) is 10.9 Å². The maximum absolute atomic E-state index is 12.3. The number of methoxy groups -OCH3 is 1. The zero-order valence-corrected chi connectivity index (χ0v) is 13.9. The topological polar surface area (TPSA) is 74.4 Å². The second-order valence-electron chi connectivity index (χ2n) is 6.08. The van der Waals surface area contributed by atoms with Crippen LogP contribution in [0.4, 0.5) is 0 Å². The van der Waals surface area contributed by atoms with Crippen molar-refractivity contribution in [2.24, 2.45) is 0 Å². The number of benzene rings is 1. The fourth-order valence-corrected chi connectivity index (χ4v) is 3.03. The maximum Gasteiger partial charge on any atom is 0.267 e. The number of nitrogens with one attached hydrogen (secondary N) is 2. The van der Waals surface area contributed by atoms with Crippen molar-refractivity contribution in [3.8, 4) is 5.75 Å². The molecule has 0 saturated carbocycles. The molecule has 1 aliphatic heterocycles. The molecule has 1 aromatic heterocycles.